The second-order valence-corrected chi connectivity index (χ2v) is 7.41. The van der Waals surface area contributed by atoms with Gasteiger partial charge in [0.05, 0.1) is 29.2 Å². The molecular formula is C13H16ClNO4S2. The van der Waals surface area contributed by atoms with Crippen molar-refractivity contribution in [2.24, 2.45) is 0 Å². The topological polar surface area (TPSA) is 66.8 Å². The second kappa shape index (κ2) is 8.03. The zero-order chi connectivity index (χ0) is 15.2. The first-order chi connectivity index (χ1) is 10.0. The number of hydrogen-bond donors (Lipinski definition) is 1. The van der Waals surface area contributed by atoms with E-state index >= 15 is 0 Å². The van der Waals surface area contributed by atoms with Gasteiger partial charge in [-0.25, -0.2) is 0 Å². The maximum absolute atomic E-state index is 12.1. The van der Waals surface area contributed by atoms with Crippen molar-refractivity contribution in [3.63, 3.8) is 0 Å². The third kappa shape index (κ3) is 5.50. The smallest absolute Gasteiger partial charge is 0.306 e. The van der Waals surface area contributed by atoms with Crippen LogP contribution in [0.2, 0.25) is 4.34 Å². The number of thiophene rings is 1. The van der Waals surface area contributed by atoms with Crippen molar-refractivity contribution in [1.82, 2.24) is 4.90 Å². The van der Waals surface area contributed by atoms with E-state index in [4.69, 9.17) is 21.4 Å². The van der Waals surface area contributed by atoms with Gasteiger partial charge >= 0.3 is 5.97 Å². The zero-order valence-corrected chi connectivity index (χ0v) is 13.7. The third-order valence-corrected chi connectivity index (χ3v) is 5.37. The second-order valence-electron chi connectivity index (χ2n) is 4.63. The number of carboxylic acid groups (broad SMARTS) is 1. The van der Waals surface area contributed by atoms with Crippen molar-refractivity contribution in [2.75, 3.05) is 25.4 Å². The van der Waals surface area contributed by atoms with Crippen molar-refractivity contribution in [3.8, 4) is 0 Å². The highest BCUT2D eigenvalue weighted by Gasteiger charge is 2.25. The summed E-state index contributed by atoms with van der Waals surface area (Å²) in [6.45, 7) is 1.28. The number of carboxylic acids is 1. The number of carbonyl (C=O) groups excluding carboxylic acids is 1. The molecule has 0 radical (unpaired) electrons. The molecule has 1 saturated heterocycles. The molecule has 1 atom stereocenters. The summed E-state index contributed by atoms with van der Waals surface area (Å²) >= 11 is 8.91. The van der Waals surface area contributed by atoms with Gasteiger partial charge < -0.3 is 14.7 Å². The van der Waals surface area contributed by atoms with Gasteiger partial charge in [-0.15, -0.1) is 23.1 Å². The number of nitrogens with zero attached hydrogens (tertiary/aromatic N) is 1. The zero-order valence-electron chi connectivity index (χ0n) is 11.3. The Hall–Kier alpha value is -0.760. The van der Waals surface area contributed by atoms with Gasteiger partial charge in [-0.3, -0.25) is 9.59 Å². The van der Waals surface area contributed by atoms with Crippen LogP contribution in [0.4, 0.5) is 0 Å². The standard InChI is InChI=1S/C13H16ClNO4S2/c14-11-2-1-10(21-11)7-20-8-12(16)15-3-4-19-9(6-15)5-13(17)18/h1-2,9H,3-8H2,(H,17,18). The van der Waals surface area contributed by atoms with Gasteiger partial charge in [0.1, 0.15) is 0 Å². The first kappa shape index (κ1) is 16.6. The van der Waals surface area contributed by atoms with Crippen LogP contribution in [0.25, 0.3) is 0 Å². The fraction of sp³-hybridized carbons (Fsp3) is 0.538. The van der Waals surface area contributed by atoms with E-state index in [1.165, 1.54) is 23.1 Å². The lowest BCUT2D eigenvalue weighted by atomic mass is 10.2. The van der Waals surface area contributed by atoms with E-state index in [1.807, 2.05) is 12.1 Å². The normalized spacial score (nSPS) is 18.7. The highest BCUT2D eigenvalue weighted by Crippen LogP contribution is 2.25. The Bertz CT molecular complexity index is 508. The van der Waals surface area contributed by atoms with Gasteiger partial charge in [0.15, 0.2) is 0 Å². The van der Waals surface area contributed by atoms with Crippen LogP contribution in [0.1, 0.15) is 11.3 Å². The highest BCUT2D eigenvalue weighted by molar-refractivity contribution is 7.99. The van der Waals surface area contributed by atoms with Gasteiger partial charge in [-0.2, -0.15) is 0 Å². The van der Waals surface area contributed by atoms with Crippen molar-refractivity contribution >= 4 is 46.6 Å². The number of halogens is 1. The molecule has 0 aromatic carbocycles. The molecule has 116 valence electrons. The first-order valence-electron chi connectivity index (χ1n) is 6.47. The van der Waals surface area contributed by atoms with Crippen LogP contribution in [0.3, 0.4) is 0 Å². The van der Waals surface area contributed by atoms with Crippen molar-refractivity contribution < 1.29 is 19.4 Å². The minimum atomic E-state index is -0.904. The summed E-state index contributed by atoms with van der Waals surface area (Å²) in [6.07, 6.45) is -0.466. The van der Waals surface area contributed by atoms with Crippen LogP contribution < -0.4 is 0 Å². The molecule has 1 fully saturated rings. The number of amides is 1. The van der Waals surface area contributed by atoms with E-state index < -0.39 is 12.1 Å². The number of thioether (sulfide) groups is 1. The molecule has 0 saturated carbocycles. The Morgan fingerprint density at radius 3 is 3.00 bits per heavy atom. The number of aliphatic carboxylic acids is 1. The molecule has 1 aromatic heterocycles. The first-order valence-corrected chi connectivity index (χ1v) is 8.82. The van der Waals surface area contributed by atoms with Gasteiger partial charge in [0, 0.05) is 23.7 Å². The van der Waals surface area contributed by atoms with Crippen LogP contribution in [0.15, 0.2) is 12.1 Å². The minimum Gasteiger partial charge on any atom is -0.481 e. The summed E-state index contributed by atoms with van der Waals surface area (Å²) < 4.78 is 6.10. The van der Waals surface area contributed by atoms with E-state index in [0.717, 1.165) is 15.0 Å². The van der Waals surface area contributed by atoms with E-state index in [1.54, 1.807) is 4.90 Å². The van der Waals surface area contributed by atoms with Crippen molar-refractivity contribution in [2.45, 2.75) is 18.3 Å². The van der Waals surface area contributed by atoms with Crippen molar-refractivity contribution in [3.05, 3.63) is 21.3 Å². The van der Waals surface area contributed by atoms with Gasteiger partial charge in [-0.1, -0.05) is 11.6 Å². The largest absolute Gasteiger partial charge is 0.481 e. The third-order valence-electron chi connectivity index (χ3n) is 2.99. The molecule has 2 heterocycles. The lowest BCUT2D eigenvalue weighted by Crippen LogP contribution is -2.46. The Morgan fingerprint density at radius 1 is 1.52 bits per heavy atom. The van der Waals surface area contributed by atoms with E-state index in [0.29, 0.717) is 25.4 Å². The molecule has 21 heavy (non-hydrogen) atoms. The molecule has 0 bridgehead atoms. The molecule has 1 aliphatic heterocycles. The lowest BCUT2D eigenvalue weighted by Gasteiger charge is -2.32. The fourth-order valence-corrected chi connectivity index (χ4v) is 4.15. The maximum atomic E-state index is 12.1. The Labute approximate surface area is 136 Å². The molecule has 2 rings (SSSR count). The van der Waals surface area contributed by atoms with Gasteiger partial charge in [-0.05, 0) is 12.1 Å². The van der Waals surface area contributed by atoms with Crippen LogP contribution in [-0.4, -0.2) is 53.4 Å². The number of hydrogen-bond acceptors (Lipinski definition) is 5. The minimum absolute atomic E-state index is 0.0290. The Kier molecular flexibility index (Phi) is 6.35. The predicted molar refractivity (Wildman–Crippen MR) is 84.1 cm³/mol. The van der Waals surface area contributed by atoms with Crippen LogP contribution in [0.5, 0.6) is 0 Å². The SMILES string of the molecule is O=C(O)CC1CN(C(=O)CSCc2ccc(Cl)s2)CCO1. The molecule has 8 heteroatoms. The van der Waals surface area contributed by atoms with Crippen LogP contribution in [0, 0.1) is 0 Å². The summed E-state index contributed by atoms with van der Waals surface area (Å²) in [6, 6.07) is 3.81. The molecule has 1 aliphatic rings. The molecule has 0 aliphatic carbocycles. The van der Waals surface area contributed by atoms with Gasteiger partial charge in [0.2, 0.25) is 5.91 Å². The highest BCUT2D eigenvalue weighted by atomic mass is 35.5. The van der Waals surface area contributed by atoms with Gasteiger partial charge in [0.25, 0.3) is 0 Å². The van der Waals surface area contributed by atoms with E-state index in [9.17, 15) is 9.59 Å². The Morgan fingerprint density at radius 2 is 2.33 bits per heavy atom. The number of morpholine rings is 1. The summed E-state index contributed by atoms with van der Waals surface area (Å²) in [5, 5.41) is 8.76. The molecule has 1 aromatic rings. The predicted octanol–water partition coefficient (Wildman–Crippen LogP) is 2.34. The van der Waals surface area contributed by atoms with E-state index in [-0.39, 0.29) is 12.3 Å². The number of ether oxygens (including phenoxy) is 1. The lowest BCUT2D eigenvalue weighted by molar-refractivity contribution is -0.146. The van der Waals surface area contributed by atoms with Crippen molar-refractivity contribution in [1.29, 1.82) is 0 Å². The van der Waals surface area contributed by atoms with Crippen LogP contribution >= 0.6 is 34.7 Å². The molecule has 1 N–H and O–H groups in total. The fourth-order valence-electron chi connectivity index (χ4n) is 2.02. The Balaban J connectivity index is 1.73. The summed E-state index contributed by atoms with van der Waals surface area (Å²) in [7, 11) is 0. The summed E-state index contributed by atoms with van der Waals surface area (Å²) in [4.78, 5) is 25.6. The monoisotopic (exact) mass is 349 g/mol. The van der Waals surface area contributed by atoms with E-state index in [2.05, 4.69) is 0 Å². The molecule has 5 nitrogen and oxygen atoms in total. The summed E-state index contributed by atoms with van der Waals surface area (Å²) in [5.74, 6) is 0.265. The average molecular weight is 350 g/mol. The number of carbonyl (C=O) groups is 2. The molecule has 1 unspecified atom stereocenters. The summed E-state index contributed by atoms with van der Waals surface area (Å²) in [5.41, 5.74) is 0. The molecule has 0 spiro atoms. The maximum Gasteiger partial charge on any atom is 0.306 e. The quantitative estimate of drug-likeness (QED) is 0.853. The average Bonchev–Trinajstić information content (AvgIpc) is 2.84. The molecular weight excluding hydrogens is 334 g/mol. The number of rotatable bonds is 6. The van der Waals surface area contributed by atoms with Crippen LogP contribution in [-0.2, 0) is 20.1 Å². The molecule has 1 amide bonds.